The molecule has 3 aromatic rings. The zero-order valence-electron chi connectivity index (χ0n) is 16.2. The number of fused-ring (bicyclic) bond motifs is 1. The fraction of sp³-hybridized carbons (Fsp3) is 0.208. The van der Waals surface area contributed by atoms with E-state index >= 15 is 0 Å². The summed E-state index contributed by atoms with van der Waals surface area (Å²) in [6.07, 6.45) is -0.659. The van der Waals surface area contributed by atoms with Crippen molar-refractivity contribution in [2.75, 3.05) is 18.5 Å². The molecule has 1 aliphatic heterocycles. The quantitative estimate of drug-likeness (QED) is 0.691. The van der Waals surface area contributed by atoms with E-state index in [-0.39, 0.29) is 12.3 Å². The summed E-state index contributed by atoms with van der Waals surface area (Å²) >= 11 is 0. The minimum atomic E-state index is -0.904. The molecule has 5 nitrogen and oxygen atoms in total. The lowest BCUT2D eigenvalue weighted by molar-refractivity contribution is -0.115. The predicted molar refractivity (Wildman–Crippen MR) is 111 cm³/mol. The summed E-state index contributed by atoms with van der Waals surface area (Å²) in [5.74, 6) is 0.967. The molecule has 4 rings (SSSR count). The Labute approximate surface area is 169 Å². The van der Waals surface area contributed by atoms with Crippen molar-refractivity contribution in [1.82, 2.24) is 0 Å². The van der Waals surface area contributed by atoms with Crippen molar-refractivity contribution in [2.45, 2.75) is 19.4 Å². The first-order chi connectivity index (χ1) is 14.1. The number of ether oxygens (including phenoxy) is 2. The fourth-order valence-electron chi connectivity index (χ4n) is 3.34. The maximum atomic E-state index is 12.6. The molecule has 0 spiro atoms. The summed E-state index contributed by atoms with van der Waals surface area (Å²) in [6, 6.07) is 20.7. The minimum Gasteiger partial charge on any atom is -0.486 e. The number of amides is 1. The van der Waals surface area contributed by atoms with Gasteiger partial charge in [-0.25, -0.2) is 0 Å². The summed E-state index contributed by atoms with van der Waals surface area (Å²) in [5, 5.41) is 14.0. The van der Waals surface area contributed by atoms with Crippen LogP contribution >= 0.6 is 0 Å². The largest absolute Gasteiger partial charge is 0.486 e. The number of rotatable bonds is 5. The van der Waals surface area contributed by atoms with E-state index in [2.05, 4.69) is 5.32 Å². The van der Waals surface area contributed by atoms with Crippen LogP contribution in [0.2, 0.25) is 0 Å². The van der Waals surface area contributed by atoms with Crippen LogP contribution in [0.15, 0.2) is 66.7 Å². The van der Waals surface area contributed by atoms with Crippen molar-refractivity contribution in [3.63, 3.8) is 0 Å². The van der Waals surface area contributed by atoms with Crippen molar-refractivity contribution in [1.29, 1.82) is 0 Å². The van der Waals surface area contributed by atoms with Gasteiger partial charge in [0.2, 0.25) is 5.91 Å². The molecule has 29 heavy (non-hydrogen) atoms. The molecular weight excluding hydrogens is 366 g/mol. The number of hydrogen-bond donors (Lipinski definition) is 2. The Morgan fingerprint density at radius 2 is 1.66 bits per heavy atom. The monoisotopic (exact) mass is 389 g/mol. The molecule has 2 N–H and O–H groups in total. The number of carbonyl (C=O) groups excluding carboxylic acids is 1. The average Bonchev–Trinajstić information content (AvgIpc) is 2.74. The van der Waals surface area contributed by atoms with Crippen LogP contribution in [0.1, 0.15) is 28.4 Å². The number of carbonyl (C=O) groups is 1. The van der Waals surface area contributed by atoms with Gasteiger partial charge in [0, 0.05) is 11.6 Å². The van der Waals surface area contributed by atoms with E-state index in [1.807, 2.05) is 61.5 Å². The Kier molecular flexibility index (Phi) is 5.49. The summed E-state index contributed by atoms with van der Waals surface area (Å²) in [6.45, 7) is 2.90. The third-order valence-electron chi connectivity index (χ3n) is 4.88. The molecule has 0 aliphatic carbocycles. The van der Waals surface area contributed by atoms with Crippen LogP contribution in [0, 0.1) is 6.92 Å². The second-order valence-corrected chi connectivity index (χ2v) is 7.11. The van der Waals surface area contributed by atoms with E-state index in [0.29, 0.717) is 36.0 Å². The van der Waals surface area contributed by atoms with E-state index < -0.39 is 6.10 Å². The van der Waals surface area contributed by atoms with Crippen LogP contribution in [0.4, 0.5) is 5.69 Å². The lowest BCUT2D eigenvalue weighted by Gasteiger charge is -2.23. The van der Waals surface area contributed by atoms with Crippen LogP contribution in [0.3, 0.4) is 0 Å². The van der Waals surface area contributed by atoms with Crippen LogP contribution in [-0.4, -0.2) is 24.2 Å². The van der Waals surface area contributed by atoms with Gasteiger partial charge in [0.25, 0.3) is 0 Å². The molecule has 0 bridgehead atoms. The van der Waals surface area contributed by atoms with Crippen molar-refractivity contribution < 1.29 is 19.4 Å². The van der Waals surface area contributed by atoms with E-state index in [1.54, 1.807) is 12.1 Å². The lowest BCUT2D eigenvalue weighted by atomic mass is 9.98. The van der Waals surface area contributed by atoms with E-state index in [1.165, 1.54) is 0 Å². The number of aryl methyl sites for hydroxylation is 1. The van der Waals surface area contributed by atoms with Crippen molar-refractivity contribution in [3.05, 3.63) is 89.0 Å². The molecule has 0 radical (unpaired) electrons. The fourth-order valence-corrected chi connectivity index (χ4v) is 3.34. The number of aliphatic hydroxyl groups excluding tert-OH is 1. The summed E-state index contributed by atoms with van der Waals surface area (Å²) < 4.78 is 11.3. The van der Waals surface area contributed by atoms with E-state index in [9.17, 15) is 9.90 Å². The zero-order chi connectivity index (χ0) is 20.2. The predicted octanol–water partition coefficient (Wildman–Crippen LogP) is 4.03. The van der Waals surface area contributed by atoms with Crippen LogP contribution in [0.25, 0.3) is 0 Å². The highest BCUT2D eigenvalue weighted by Crippen LogP contribution is 2.39. The van der Waals surface area contributed by atoms with Crippen molar-refractivity contribution >= 4 is 11.6 Å². The number of benzene rings is 3. The van der Waals surface area contributed by atoms with Gasteiger partial charge in [-0.1, -0.05) is 60.2 Å². The summed E-state index contributed by atoms with van der Waals surface area (Å²) in [5.41, 5.74) is 3.86. The Morgan fingerprint density at radius 1 is 1.00 bits per heavy atom. The topological polar surface area (TPSA) is 67.8 Å². The van der Waals surface area contributed by atoms with Crippen LogP contribution in [-0.2, 0) is 11.2 Å². The van der Waals surface area contributed by atoms with Gasteiger partial charge in [0.05, 0.1) is 12.1 Å². The second kappa shape index (κ2) is 8.37. The molecule has 1 amide bonds. The van der Waals surface area contributed by atoms with Crippen molar-refractivity contribution in [3.8, 4) is 11.5 Å². The van der Waals surface area contributed by atoms with E-state index in [0.717, 1.165) is 16.7 Å². The SMILES string of the molecule is Cc1ccc(C(O)c2cc3c(cc2NC(=O)Cc2ccccc2)OCCO3)cc1. The third-order valence-corrected chi connectivity index (χ3v) is 4.88. The summed E-state index contributed by atoms with van der Waals surface area (Å²) in [4.78, 5) is 12.6. The second-order valence-electron chi connectivity index (χ2n) is 7.11. The third kappa shape index (κ3) is 4.41. The standard InChI is InChI=1S/C24H23NO4/c1-16-7-9-18(10-8-16)24(27)19-14-21-22(29-12-11-28-21)15-20(19)25-23(26)13-17-5-3-2-4-6-17/h2-10,14-15,24,27H,11-13H2,1H3,(H,25,26). The molecule has 0 saturated carbocycles. The van der Waals surface area contributed by atoms with Crippen LogP contribution < -0.4 is 14.8 Å². The average molecular weight is 389 g/mol. The minimum absolute atomic E-state index is 0.162. The zero-order valence-corrected chi connectivity index (χ0v) is 16.2. The number of aliphatic hydroxyl groups is 1. The smallest absolute Gasteiger partial charge is 0.228 e. The van der Waals surface area contributed by atoms with Crippen LogP contribution in [0.5, 0.6) is 11.5 Å². The molecule has 1 unspecified atom stereocenters. The maximum Gasteiger partial charge on any atom is 0.228 e. The number of anilines is 1. The highest BCUT2D eigenvalue weighted by Gasteiger charge is 2.22. The first-order valence-corrected chi connectivity index (χ1v) is 9.62. The number of nitrogens with one attached hydrogen (secondary N) is 1. The van der Waals surface area contributed by atoms with Gasteiger partial charge in [0.15, 0.2) is 11.5 Å². The highest BCUT2D eigenvalue weighted by atomic mass is 16.6. The first kappa shape index (κ1) is 19.0. The molecule has 1 atom stereocenters. The molecule has 1 aliphatic rings. The molecule has 148 valence electrons. The number of hydrogen-bond acceptors (Lipinski definition) is 4. The maximum absolute atomic E-state index is 12.6. The molecule has 0 saturated heterocycles. The van der Waals surface area contributed by atoms with Gasteiger partial charge in [0.1, 0.15) is 19.3 Å². The van der Waals surface area contributed by atoms with Gasteiger partial charge < -0.3 is 19.9 Å². The molecule has 1 heterocycles. The summed E-state index contributed by atoms with van der Waals surface area (Å²) in [7, 11) is 0. The van der Waals surface area contributed by atoms with Gasteiger partial charge in [-0.2, -0.15) is 0 Å². The van der Waals surface area contributed by atoms with E-state index in [4.69, 9.17) is 9.47 Å². The Bertz CT molecular complexity index is 999. The van der Waals surface area contributed by atoms with Gasteiger partial charge in [-0.15, -0.1) is 0 Å². The molecule has 3 aromatic carbocycles. The van der Waals surface area contributed by atoms with Gasteiger partial charge in [-0.05, 0) is 24.1 Å². The molecular formula is C24H23NO4. The Hall–Kier alpha value is -3.31. The molecule has 0 fully saturated rings. The first-order valence-electron chi connectivity index (χ1n) is 9.62. The normalized spacial score (nSPS) is 13.6. The highest BCUT2D eigenvalue weighted by molar-refractivity contribution is 5.93. The van der Waals surface area contributed by atoms with Crippen molar-refractivity contribution in [2.24, 2.45) is 0 Å². The Morgan fingerprint density at radius 3 is 2.34 bits per heavy atom. The van der Waals surface area contributed by atoms with Gasteiger partial charge in [-0.3, -0.25) is 4.79 Å². The lowest BCUT2D eigenvalue weighted by Crippen LogP contribution is -2.19. The molecule has 0 aromatic heterocycles. The molecule has 5 heteroatoms. The Balaban J connectivity index is 1.65. The van der Waals surface area contributed by atoms with Gasteiger partial charge >= 0.3 is 0 Å².